The molecule has 0 aromatic rings. The van der Waals surface area contributed by atoms with Gasteiger partial charge in [-0.25, -0.2) is 0 Å². The van der Waals surface area contributed by atoms with Crippen molar-refractivity contribution in [3.05, 3.63) is 11.6 Å². The lowest BCUT2D eigenvalue weighted by Gasteiger charge is -2.59. The molecule has 0 heterocycles. The fraction of sp³-hybridized carbons (Fsp3) is 0.923. The Balaban J connectivity index is 1.22. The molecule has 0 amide bonds. The molecular formula is C39H66O2. The Morgan fingerprint density at radius 1 is 0.902 bits per heavy atom. The van der Waals surface area contributed by atoms with E-state index in [2.05, 4.69) is 47.6 Å². The number of rotatable bonds is 11. The third-order valence-corrected chi connectivity index (χ3v) is 14.3. The molecule has 0 aromatic carbocycles. The van der Waals surface area contributed by atoms with Gasteiger partial charge in [0.15, 0.2) is 5.78 Å². The summed E-state index contributed by atoms with van der Waals surface area (Å²) in [4.78, 5) is 13.8. The lowest BCUT2D eigenvalue weighted by atomic mass is 9.46. The largest absolute Gasteiger partial charge is 0.382 e. The van der Waals surface area contributed by atoms with Gasteiger partial charge in [0, 0.05) is 12.3 Å². The first kappa shape index (κ1) is 31.8. The minimum atomic E-state index is -1.11. The molecule has 5 aliphatic carbocycles. The molecular weight excluding hydrogens is 500 g/mol. The molecule has 5 aliphatic rings. The number of carbonyl (C=O) groups is 1. The zero-order chi connectivity index (χ0) is 29.4. The van der Waals surface area contributed by atoms with Crippen LogP contribution in [0.3, 0.4) is 0 Å². The van der Waals surface area contributed by atoms with Crippen LogP contribution in [0.2, 0.25) is 0 Å². The van der Waals surface area contributed by atoms with Crippen LogP contribution in [0.15, 0.2) is 11.6 Å². The fourth-order valence-electron chi connectivity index (χ4n) is 11.7. The van der Waals surface area contributed by atoms with Gasteiger partial charge in [-0.05, 0) is 123 Å². The van der Waals surface area contributed by atoms with Crippen molar-refractivity contribution in [2.45, 2.75) is 169 Å². The number of allylic oxidation sites excluding steroid dienone is 1. The highest BCUT2D eigenvalue weighted by atomic mass is 16.3. The van der Waals surface area contributed by atoms with Crippen molar-refractivity contribution in [1.82, 2.24) is 0 Å². The molecule has 2 nitrogen and oxygen atoms in total. The summed E-state index contributed by atoms with van der Waals surface area (Å²) in [6.45, 7) is 14.8. The van der Waals surface area contributed by atoms with E-state index >= 15 is 0 Å². The molecule has 41 heavy (non-hydrogen) atoms. The van der Waals surface area contributed by atoms with E-state index in [-0.39, 0.29) is 17.1 Å². The number of Topliss-reactive ketones (excluding diaryl/α,β-unsaturated/α-hetero) is 1. The molecule has 0 bridgehead atoms. The van der Waals surface area contributed by atoms with Gasteiger partial charge >= 0.3 is 0 Å². The molecule has 8 atom stereocenters. The Kier molecular flexibility index (Phi) is 9.90. The van der Waals surface area contributed by atoms with Crippen molar-refractivity contribution >= 4 is 5.78 Å². The summed E-state index contributed by atoms with van der Waals surface area (Å²) >= 11 is 0. The van der Waals surface area contributed by atoms with Gasteiger partial charge in [-0.15, -0.1) is 0 Å². The maximum atomic E-state index is 13.8. The maximum absolute atomic E-state index is 13.8. The SMILES string of the molecule is CCCCCC1CCC(C(=O)[C@]2(O)CC[C@@]3(C)C(=CC[C@H]4[C@@H]5CC[C@H]([C@H](C)CCCC(C)C)[C@@]5(C)CC[C@@H]43)C2)CC1. The van der Waals surface area contributed by atoms with Gasteiger partial charge in [0.25, 0.3) is 0 Å². The Morgan fingerprint density at radius 2 is 1.66 bits per heavy atom. The molecule has 0 saturated heterocycles. The van der Waals surface area contributed by atoms with E-state index in [1.54, 1.807) is 0 Å². The van der Waals surface area contributed by atoms with E-state index in [1.165, 1.54) is 95.5 Å². The minimum Gasteiger partial charge on any atom is -0.382 e. The number of unbranched alkanes of at least 4 members (excludes halogenated alkanes) is 2. The second-order valence-electron chi connectivity index (χ2n) is 17.1. The van der Waals surface area contributed by atoms with Crippen molar-refractivity contribution in [3.63, 3.8) is 0 Å². The number of hydrogen-bond acceptors (Lipinski definition) is 2. The smallest absolute Gasteiger partial charge is 0.167 e. The standard InChI is InChI=1S/C39H66O2/c1-7-8-9-13-29-14-16-30(17-15-29)36(40)39(41)25-24-37(5)31(26-39)18-19-32-34-21-20-33(28(4)12-10-11-27(2)3)38(34,6)23-22-35(32)37/h18,27-30,32-35,41H,7-17,19-26H2,1-6H3/t28-,29?,30?,32+,33-,34+,35+,37+,38-,39+/m1/s1. The van der Waals surface area contributed by atoms with E-state index in [1.807, 2.05) is 0 Å². The van der Waals surface area contributed by atoms with E-state index < -0.39 is 5.60 Å². The lowest BCUT2D eigenvalue weighted by molar-refractivity contribution is -0.148. The van der Waals surface area contributed by atoms with Crippen molar-refractivity contribution in [3.8, 4) is 0 Å². The summed E-state index contributed by atoms with van der Waals surface area (Å²) < 4.78 is 0. The maximum Gasteiger partial charge on any atom is 0.167 e. The second-order valence-corrected chi connectivity index (χ2v) is 17.1. The number of carbonyl (C=O) groups excluding carboxylic acids is 1. The second kappa shape index (κ2) is 12.8. The van der Waals surface area contributed by atoms with Crippen LogP contribution in [0.1, 0.15) is 164 Å². The van der Waals surface area contributed by atoms with Gasteiger partial charge in [-0.2, -0.15) is 0 Å². The molecule has 1 N–H and O–H groups in total. The highest BCUT2D eigenvalue weighted by Crippen LogP contribution is 2.68. The molecule has 0 aromatic heterocycles. The number of hydrogen-bond donors (Lipinski definition) is 1. The summed E-state index contributed by atoms with van der Waals surface area (Å²) in [7, 11) is 0. The average Bonchev–Trinajstić information content (AvgIpc) is 3.31. The van der Waals surface area contributed by atoms with Crippen LogP contribution >= 0.6 is 0 Å². The molecule has 0 unspecified atom stereocenters. The molecule has 2 heteroatoms. The first-order chi connectivity index (χ1) is 19.5. The monoisotopic (exact) mass is 567 g/mol. The van der Waals surface area contributed by atoms with Crippen molar-refractivity contribution in [1.29, 1.82) is 0 Å². The van der Waals surface area contributed by atoms with Crippen LogP contribution in [-0.2, 0) is 4.79 Å². The zero-order valence-electron chi connectivity index (χ0n) is 28.0. The number of ketones is 1. The van der Waals surface area contributed by atoms with Crippen molar-refractivity contribution < 1.29 is 9.90 Å². The first-order valence-corrected chi connectivity index (χ1v) is 18.5. The molecule has 4 saturated carbocycles. The summed E-state index contributed by atoms with van der Waals surface area (Å²) in [6, 6.07) is 0. The Labute approximate surface area is 254 Å². The van der Waals surface area contributed by atoms with Crippen LogP contribution in [0, 0.1) is 58.2 Å². The highest BCUT2D eigenvalue weighted by molar-refractivity contribution is 5.90. The molecule has 0 spiro atoms. The fourth-order valence-corrected chi connectivity index (χ4v) is 11.7. The van der Waals surface area contributed by atoms with Gasteiger partial charge in [-0.3, -0.25) is 4.79 Å². The quantitative estimate of drug-likeness (QED) is 0.199. The molecule has 5 rings (SSSR count). The zero-order valence-corrected chi connectivity index (χ0v) is 28.0. The molecule has 0 radical (unpaired) electrons. The van der Waals surface area contributed by atoms with Crippen LogP contribution in [0.25, 0.3) is 0 Å². The number of fused-ring (bicyclic) bond motifs is 5. The van der Waals surface area contributed by atoms with Gasteiger partial charge in [0.05, 0.1) is 0 Å². The van der Waals surface area contributed by atoms with Crippen molar-refractivity contribution in [2.24, 2.45) is 58.2 Å². The van der Waals surface area contributed by atoms with E-state index in [9.17, 15) is 9.90 Å². The lowest BCUT2D eigenvalue weighted by Crippen LogP contribution is -2.55. The predicted molar refractivity (Wildman–Crippen MR) is 173 cm³/mol. The van der Waals surface area contributed by atoms with Gasteiger partial charge in [-0.1, -0.05) is 98.1 Å². The third kappa shape index (κ3) is 6.17. The summed E-state index contributed by atoms with van der Waals surface area (Å²) in [6.07, 6.45) is 25.6. The molecule has 0 aliphatic heterocycles. The van der Waals surface area contributed by atoms with Crippen LogP contribution < -0.4 is 0 Å². The van der Waals surface area contributed by atoms with Crippen LogP contribution in [0.5, 0.6) is 0 Å². The van der Waals surface area contributed by atoms with Gasteiger partial charge in [0.2, 0.25) is 0 Å². The summed E-state index contributed by atoms with van der Waals surface area (Å²) in [5.41, 5.74) is 1.05. The van der Waals surface area contributed by atoms with Gasteiger partial charge in [0.1, 0.15) is 5.60 Å². The highest BCUT2D eigenvalue weighted by Gasteiger charge is 2.60. The predicted octanol–water partition coefficient (Wildman–Crippen LogP) is 10.7. The van der Waals surface area contributed by atoms with E-state index in [4.69, 9.17) is 0 Å². The third-order valence-electron chi connectivity index (χ3n) is 14.3. The normalized spacial score (nSPS) is 43.2. The molecule has 4 fully saturated rings. The summed E-state index contributed by atoms with van der Waals surface area (Å²) in [5.74, 6) is 6.10. The van der Waals surface area contributed by atoms with Crippen molar-refractivity contribution in [2.75, 3.05) is 0 Å². The topological polar surface area (TPSA) is 37.3 Å². The molecule has 234 valence electrons. The minimum absolute atomic E-state index is 0.0945. The Bertz CT molecular complexity index is 926. The van der Waals surface area contributed by atoms with Gasteiger partial charge < -0.3 is 5.11 Å². The summed E-state index contributed by atoms with van der Waals surface area (Å²) in [5, 5.41) is 11.9. The number of aliphatic hydroxyl groups is 1. The Hall–Kier alpha value is -0.630. The van der Waals surface area contributed by atoms with Crippen LogP contribution in [0.4, 0.5) is 0 Å². The first-order valence-electron chi connectivity index (χ1n) is 18.5. The Morgan fingerprint density at radius 3 is 2.37 bits per heavy atom. The van der Waals surface area contributed by atoms with E-state index in [0.717, 1.165) is 60.7 Å². The average molecular weight is 567 g/mol. The van der Waals surface area contributed by atoms with Crippen LogP contribution in [-0.4, -0.2) is 16.5 Å². The van der Waals surface area contributed by atoms with E-state index in [0.29, 0.717) is 18.3 Å².